The fourth-order valence-corrected chi connectivity index (χ4v) is 2.02. The van der Waals surface area contributed by atoms with Crippen LogP contribution in [0.2, 0.25) is 5.82 Å². The van der Waals surface area contributed by atoms with Crippen LogP contribution in [-0.2, 0) is 0 Å². The SMILES string of the molecule is BC(C)CC(C)CCCCCCC. The molecule has 13 heavy (non-hydrogen) atoms. The van der Waals surface area contributed by atoms with Crippen LogP contribution in [-0.4, -0.2) is 7.85 Å². The van der Waals surface area contributed by atoms with Gasteiger partial charge in [-0.25, -0.2) is 0 Å². The third-order valence-corrected chi connectivity index (χ3v) is 2.67. The van der Waals surface area contributed by atoms with Gasteiger partial charge in [-0.3, -0.25) is 0 Å². The maximum absolute atomic E-state index is 2.40. The minimum absolute atomic E-state index is 0.880. The third kappa shape index (κ3) is 9.98. The number of unbranched alkanes of at least 4 members (excludes halogenated alkanes) is 4. The van der Waals surface area contributed by atoms with Gasteiger partial charge in [-0.15, -0.1) is 0 Å². The first-order valence-corrected chi connectivity index (χ1v) is 6.16. The first-order valence-electron chi connectivity index (χ1n) is 6.16. The normalized spacial score (nSPS) is 15.6. The lowest BCUT2D eigenvalue weighted by molar-refractivity contribution is 0.453. The molecule has 0 fully saturated rings. The van der Waals surface area contributed by atoms with Gasteiger partial charge in [-0.05, 0) is 5.92 Å². The van der Waals surface area contributed by atoms with Crippen LogP contribution in [0.3, 0.4) is 0 Å². The summed E-state index contributed by atoms with van der Waals surface area (Å²) in [4.78, 5) is 0. The zero-order chi connectivity index (χ0) is 10.1. The van der Waals surface area contributed by atoms with Crippen molar-refractivity contribution in [3.05, 3.63) is 0 Å². The van der Waals surface area contributed by atoms with Crippen molar-refractivity contribution in [1.82, 2.24) is 0 Å². The minimum atomic E-state index is 0.880. The zero-order valence-electron chi connectivity index (χ0n) is 10.1. The van der Waals surface area contributed by atoms with Gasteiger partial charge in [0, 0.05) is 0 Å². The predicted octanol–water partition coefficient (Wildman–Crippen LogP) is 3.81. The molecule has 0 radical (unpaired) electrons. The van der Waals surface area contributed by atoms with E-state index >= 15 is 0 Å². The Balaban J connectivity index is 3.12. The van der Waals surface area contributed by atoms with Crippen molar-refractivity contribution in [2.75, 3.05) is 0 Å². The zero-order valence-corrected chi connectivity index (χ0v) is 10.1. The summed E-state index contributed by atoms with van der Waals surface area (Å²) in [5.41, 5.74) is 0. The van der Waals surface area contributed by atoms with Crippen molar-refractivity contribution in [3.8, 4) is 0 Å². The van der Waals surface area contributed by atoms with Crippen LogP contribution in [0.5, 0.6) is 0 Å². The summed E-state index contributed by atoms with van der Waals surface area (Å²) in [6.07, 6.45) is 10.0. The maximum atomic E-state index is 2.40. The molecule has 0 bridgehead atoms. The van der Waals surface area contributed by atoms with E-state index in [1.165, 1.54) is 44.9 Å². The van der Waals surface area contributed by atoms with E-state index in [2.05, 4.69) is 28.6 Å². The highest BCUT2D eigenvalue weighted by Crippen LogP contribution is 2.19. The van der Waals surface area contributed by atoms with E-state index in [4.69, 9.17) is 0 Å². The first-order chi connectivity index (χ1) is 6.16. The van der Waals surface area contributed by atoms with Gasteiger partial charge in [0.15, 0.2) is 0 Å². The average Bonchev–Trinajstić information content (AvgIpc) is 2.02. The van der Waals surface area contributed by atoms with Crippen LogP contribution >= 0.6 is 0 Å². The predicted molar refractivity (Wildman–Crippen MR) is 65.1 cm³/mol. The van der Waals surface area contributed by atoms with Gasteiger partial charge in [0.25, 0.3) is 0 Å². The lowest BCUT2D eigenvalue weighted by Gasteiger charge is -2.13. The smallest absolute Gasteiger partial charge is 0.0723 e. The largest absolute Gasteiger partial charge is 0.105 e. The molecule has 0 saturated carbocycles. The highest BCUT2D eigenvalue weighted by Gasteiger charge is 2.04. The Morgan fingerprint density at radius 3 is 2.15 bits per heavy atom. The Bertz CT molecular complexity index is 99.3. The first kappa shape index (κ1) is 13.1. The number of hydrogen-bond acceptors (Lipinski definition) is 0. The van der Waals surface area contributed by atoms with Crippen LogP contribution in [0.4, 0.5) is 0 Å². The van der Waals surface area contributed by atoms with Gasteiger partial charge in [0.1, 0.15) is 7.85 Å². The monoisotopic (exact) mass is 182 g/mol. The Labute approximate surface area is 85.9 Å². The van der Waals surface area contributed by atoms with Crippen LogP contribution in [0.1, 0.15) is 65.7 Å². The molecule has 2 unspecified atom stereocenters. The summed E-state index contributed by atoms with van der Waals surface area (Å²) in [5.74, 6) is 1.83. The summed E-state index contributed by atoms with van der Waals surface area (Å²) >= 11 is 0. The third-order valence-electron chi connectivity index (χ3n) is 2.67. The van der Waals surface area contributed by atoms with Crippen molar-refractivity contribution in [2.24, 2.45) is 5.92 Å². The van der Waals surface area contributed by atoms with Crippen LogP contribution < -0.4 is 0 Å². The van der Waals surface area contributed by atoms with E-state index in [1.807, 2.05) is 0 Å². The van der Waals surface area contributed by atoms with E-state index in [0.717, 1.165) is 11.7 Å². The second-order valence-electron chi connectivity index (χ2n) is 4.94. The molecule has 0 aliphatic rings. The highest BCUT2D eigenvalue weighted by molar-refractivity contribution is 6.11. The second-order valence-corrected chi connectivity index (χ2v) is 4.94. The van der Waals surface area contributed by atoms with Crippen molar-refractivity contribution in [1.29, 1.82) is 0 Å². The van der Waals surface area contributed by atoms with E-state index in [9.17, 15) is 0 Å². The van der Waals surface area contributed by atoms with Gasteiger partial charge < -0.3 is 0 Å². The van der Waals surface area contributed by atoms with E-state index in [-0.39, 0.29) is 0 Å². The van der Waals surface area contributed by atoms with Crippen molar-refractivity contribution in [2.45, 2.75) is 71.5 Å². The standard InChI is InChI=1S/C12H27B/c1-4-5-6-7-8-9-11(2)10-12(3)13/h11-12H,4-10,13H2,1-3H3. The molecule has 0 N–H and O–H groups in total. The Hall–Kier alpha value is 0.0649. The molecular weight excluding hydrogens is 155 g/mol. The lowest BCUT2D eigenvalue weighted by Crippen LogP contribution is -1.98. The second kappa shape index (κ2) is 8.65. The molecule has 0 aliphatic heterocycles. The Kier molecular flexibility index (Phi) is 8.70. The Morgan fingerprint density at radius 1 is 1.00 bits per heavy atom. The van der Waals surface area contributed by atoms with Crippen molar-refractivity contribution >= 4 is 7.85 Å². The van der Waals surface area contributed by atoms with Gasteiger partial charge in [0.05, 0.1) is 0 Å². The number of hydrogen-bond donors (Lipinski definition) is 0. The van der Waals surface area contributed by atoms with Gasteiger partial charge in [-0.2, -0.15) is 0 Å². The van der Waals surface area contributed by atoms with Crippen LogP contribution in [0.15, 0.2) is 0 Å². The molecule has 0 rings (SSSR count). The summed E-state index contributed by atoms with van der Waals surface area (Å²) < 4.78 is 0. The molecule has 0 aliphatic carbocycles. The molecule has 0 aromatic rings. The van der Waals surface area contributed by atoms with E-state index < -0.39 is 0 Å². The average molecular weight is 182 g/mol. The molecule has 2 atom stereocenters. The Morgan fingerprint density at radius 2 is 1.62 bits per heavy atom. The van der Waals surface area contributed by atoms with Gasteiger partial charge in [0.2, 0.25) is 0 Å². The lowest BCUT2D eigenvalue weighted by atomic mass is 9.81. The number of rotatable bonds is 8. The van der Waals surface area contributed by atoms with Gasteiger partial charge >= 0.3 is 0 Å². The summed E-state index contributed by atoms with van der Waals surface area (Å²) in [6, 6.07) is 0. The molecule has 0 saturated heterocycles. The summed E-state index contributed by atoms with van der Waals surface area (Å²) in [5, 5.41) is 0. The van der Waals surface area contributed by atoms with Crippen LogP contribution in [0.25, 0.3) is 0 Å². The fraction of sp³-hybridized carbons (Fsp3) is 1.00. The maximum Gasteiger partial charge on any atom is 0.105 e. The summed E-state index contributed by atoms with van der Waals surface area (Å²) in [6.45, 7) is 7.01. The quantitative estimate of drug-likeness (QED) is 0.395. The molecule has 0 heterocycles. The minimum Gasteiger partial charge on any atom is -0.0723 e. The molecule has 78 valence electrons. The molecular formula is C12H27B. The van der Waals surface area contributed by atoms with E-state index in [0.29, 0.717) is 0 Å². The molecule has 1 heteroatoms. The topological polar surface area (TPSA) is 0 Å². The molecule has 0 nitrogen and oxygen atoms in total. The van der Waals surface area contributed by atoms with Crippen molar-refractivity contribution in [3.63, 3.8) is 0 Å². The van der Waals surface area contributed by atoms with Crippen LogP contribution in [0, 0.1) is 5.92 Å². The van der Waals surface area contributed by atoms with E-state index in [1.54, 1.807) is 0 Å². The van der Waals surface area contributed by atoms with Crippen molar-refractivity contribution < 1.29 is 0 Å². The highest BCUT2D eigenvalue weighted by atomic mass is 14.1. The molecule has 0 spiro atoms. The molecule has 0 aromatic heterocycles. The summed E-state index contributed by atoms with van der Waals surface area (Å²) in [7, 11) is 2.33. The molecule has 0 amide bonds. The van der Waals surface area contributed by atoms with Gasteiger partial charge in [-0.1, -0.05) is 71.5 Å². The fourth-order valence-electron chi connectivity index (χ4n) is 2.02. The molecule has 0 aromatic carbocycles.